The summed E-state index contributed by atoms with van der Waals surface area (Å²) in [6.07, 6.45) is 0.659. The van der Waals surface area contributed by atoms with Gasteiger partial charge < -0.3 is 29.2 Å². The Labute approximate surface area is 257 Å². The normalized spacial score (nSPS) is 11.7. The van der Waals surface area contributed by atoms with Crippen LogP contribution in [-0.4, -0.2) is 72.7 Å². The van der Waals surface area contributed by atoms with E-state index in [9.17, 15) is 22.4 Å². The van der Waals surface area contributed by atoms with Crippen molar-refractivity contribution in [1.82, 2.24) is 10.2 Å². The van der Waals surface area contributed by atoms with E-state index in [1.807, 2.05) is 6.92 Å². The van der Waals surface area contributed by atoms with E-state index in [2.05, 4.69) is 5.32 Å². The van der Waals surface area contributed by atoms with Gasteiger partial charge in [0.2, 0.25) is 11.8 Å². The van der Waals surface area contributed by atoms with Crippen molar-refractivity contribution in [1.29, 1.82) is 0 Å². The number of amides is 2. The number of carbonyl (C=O) groups excluding carboxylic acids is 2. The lowest BCUT2D eigenvalue weighted by atomic mass is 10.1. The molecule has 3 aromatic carbocycles. The van der Waals surface area contributed by atoms with Gasteiger partial charge in [0.15, 0.2) is 11.5 Å². The standard InChI is InChI=1S/C31H38FN3O8S/c1-7-16-33-31(37)21(2)34(19-22-10-8-9-11-25(22)32)30(36)20-35(26-17-23(40-3)12-14-27(26)41-4)44(38,39)24-13-15-28(42-5)29(18-24)43-6/h8-15,17-18,21H,7,16,19-20H2,1-6H3,(H,33,37)/t21-/m1/s1. The van der Waals surface area contributed by atoms with Crippen LogP contribution < -0.4 is 28.6 Å². The van der Waals surface area contributed by atoms with Crippen LogP contribution in [0, 0.1) is 5.82 Å². The summed E-state index contributed by atoms with van der Waals surface area (Å²) in [5.74, 6) is -0.911. The monoisotopic (exact) mass is 631 g/mol. The Balaban J connectivity index is 2.17. The summed E-state index contributed by atoms with van der Waals surface area (Å²) in [6, 6.07) is 13.3. The molecule has 0 saturated carbocycles. The lowest BCUT2D eigenvalue weighted by Crippen LogP contribution is -2.51. The van der Waals surface area contributed by atoms with Crippen LogP contribution in [-0.2, 0) is 26.2 Å². The predicted octanol–water partition coefficient (Wildman–Crippen LogP) is 4.00. The van der Waals surface area contributed by atoms with E-state index in [0.29, 0.717) is 24.5 Å². The highest BCUT2D eigenvalue weighted by Gasteiger charge is 2.35. The fourth-order valence-electron chi connectivity index (χ4n) is 4.40. The number of hydrogen-bond acceptors (Lipinski definition) is 8. The third-order valence-corrected chi connectivity index (χ3v) is 8.65. The van der Waals surface area contributed by atoms with Crippen LogP contribution in [0.25, 0.3) is 0 Å². The van der Waals surface area contributed by atoms with Crippen LogP contribution in [0.15, 0.2) is 65.6 Å². The summed E-state index contributed by atoms with van der Waals surface area (Å²) < 4.78 is 65.6. The van der Waals surface area contributed by atoms with Gasteiger partial charge in [0.25, 0.3) is 10.0 Å². The fraction of sp³-hybridized carbons (Fsp3) is 0.355. The Morgan fingerprint density at radius 1 is 0.886 bits per heavy atom. The summed E-state index contributed by atoms with van der Waals surface area (Å²) >= 11 is 0. The Kier molecular flexibility index (Phi) is 11.8. The lowest BCUT2D eigenvalue weighted by Gasteiger charge is -2.32. The lowest BCUT2D eigenvalue weighted by molar-refractivity contribution is -0.139. The van der Waals surface area contributed by atoms with Crippen molar-refractivity contribution < 1.29 is 41.3 Å². The third-order valence-electron chi connectivity index (χ3n) is 6.89. The molecule has 1 atom stereocenters. The number of carbonyl (C=O) groups is 2. The number of rotatable bonds is 15. The maximum Gasteiger partial charge on any atom is 0.265 e. The van der Waals surface area contributed by atoms with Crippen molar-refractivity contribution in [2.24, 2.45) is 0 Å². The first-order valence-corrected chi connectivity index (χ1v) is 15.2. The summed E-state index contributed by atoms with van der Waals surface area (Å²) in [5.41, 5.74) is 0.160. The summed E-state index contributed by atoms with van der Waals surface area (Å²) in [5, 5.41) is 2.75. The predicted molar refractivity (Wildman–Crippen MR) is 163 cm³/mol. The topological polar surface area (TPSA) is 124 Å². The molecule has 0 aliphatic rings. The summed E-state index contributed by atoms with van der Waals surface area (Å²) in [6.45, 7) is 2.70. The molecule has 0 aromatic heterocycles. The zero-order valence-electron chi connectivity index (χ0n) is 25.6. The van der Waals surface area contributed by atoms with Gasteiger partial charge >= 0.3 is 0 Å². The fourth-order valence-corrected chi connectivity index (χ4v) is 5.83. The molecule has 0 saturated heterocycles. The first kappa shape index (κ1) is 34.0. The van der Waals surface area contributed by atoms with Gasteiger partial charge in [-0.25, -0.2) is 12.8 Å². The summed E-state index contributed by atoms with van der Waals surface area (Å²) in [7, 11) is 1.06. The van der Waals surface area contributed by atoms with Crippen LogP contribution >= 0.6 is 0 Å². The second-order valence-corrected chi connectivity index (χ2v) is 11.5. The van der Waals surface area contributed by atoms with Gasteiger partial charge in [0.1, 0.15) is 29.9 Å². The van der Waals surface area contributed by atoms with E-state index in [1.165, 1.54) is 83.9 Å². The minimum Gasteiger partial charge on any atom is -0.497 e. The molecule has 3 aromatic rings. The van der Waals surface area contributed by atoms with Crippen molar-refractivity contribution in [2.75, 3.05) is 45.8 Å². The first-order chi connectivity index (χ1) is 21.0. The van der Waals surface area contributed by atoms with Crippen molar-refractivity contribution in [3.05, 3.63) is 72.0 Å². The molecule has 0 fully saturated rings. The van der Waals surface area contributed by atoms with Gasteiger partial charge in [-0.05, 0) is 43.7 Å². The maximum absolute atomic E-state index is 14.7. The van der Waals surface area contributed by atoms with E-state index in [4.69, 9.17) is 18.9 Å². The molecule has 0 radical (unpaired) electrons. The number of halogens is 1. The van der Waals surface area contributed by atoms with Crippen LogP contribution in [0.5, 0.6) is 23.0 Å². The minimum atomic E-state index is -4.50. The zero-order chi connectivity index (χ0) is 32.4. The van der Waals surface area contributed by atoms with Gasteiger partial charge in [0, 0.05) is 30.8 Å². The number of benzene rings is 3. The van der Waals surface area contributed by atoms with Gasteiger partial charge in [-0.1, -0.05) is 25.1 Å². The van der Waals surface area contributed by atoms with Gasteiger partial charge in [-0.3, -0.25) is 13.9 Å². The minimum absolute atomic E-state index is 0.00362. The van der Waals surface area contributed by atoms with E-state index >= 15 is 0 Å². The zero-order valence-corrected chi connectivity index (χ0v) is 26.4. The number of nitrogens with one attached hydrogen (secondary N) is 1. The number of anilines is 1. The first-order valence-electron chi connectivity index (χ1n) is 13.8. The van der Waals surface area contributed by atoms with E-state index in [-0.39, 0.29) is 34.2 Å². The molecule has 44 heavy (non-hydrogen) atoms. The third kappa shape index (κ3) is 7.70. The molecule has 3 rings (SSSR count). The van der Waals surface area contributed by atoms with Crippen molar-refractivity contribution in [2.45, 2.75) is 37.8 Å². The van der Waals surface area contributed by atoms with Crippen LogP contribution in [0.3, 0.4) is 0 Å². The molecule has 0 bridgehead atoms. The molecule has 238 valence electrons. The molecule has 11 nitrogen and oxygen atoms in total. The van der Waals surface area contributed by atoms with Gasteiger partial charge in [0.05, 0.1) is 39.0 Å². The largest absolute Gasteiger partial charge is 0.497 e. The van der Waals surface area contributed by atoms with Crippen molar-refractivity contribution >= 4 is 27.5 Å². The van der Waals surface area contributed by atoms with Crippen LogP contribution in [0.4, 0.5) is 10.1 Å². The second kappa shape index (κ2) is 15.3. The number of ether oxygens (including phenoxy) is 4. The molecule has 0 spiro atoms. The average Bonchev–Trinajstić information content (AvgIpc) is 3.04. The highest BCUT2D eigenvalue weighted by Crippen LogP contribution is 2.37. The van der Waals surface area contributed by atoms with Crippen LogP contribution in [0.2, 0.25) is 0 Å². The Bertz CT molecular complexity index is 1570. The van der Waals surface area contributed by atoms with Crippen molar-refractivity contribution in [3.63, 3.8) is 0 Å². The Morgan fingerprint density at radius 2 is 1.55 bits per heavy atom. The van der Waals surface area contributed by atoms with E-state index in [0.717, 1.165) is 9.21 Å². The number of hydrogen-bond donors (Lipinski definition) is 1. The smallest absolute Gasteiger partial charge is 0.265 e. The quantitative estimate of drug-likeness (QED) is 0.267. The Morgan fingerprint density at radius 3 is 2.16 bits per heavy atom. The molecule has 0 heterocycles. The molecule has 2 amide bonds. The summed E-state index contributed by atoms with van der Waals surface area (Å²) in [4.78, 5) is 28.1. The maximum atomic E-state index is 14.7. The Hall–Kier alpha value is -4.52. The van der Waals surface area contributed by atoms with Gasteiger partial charge in [-0.15, -0.1) is 0 Å². The molecule has 0 aliphatic heterocycles. The second-order valence-electron chi connectivity index (χ2n) is 9.65. The number of methoxy groups -OCH3 is 4. The molecule has 1 N–H and O–H groups in total. The van der Waals surface area contributed by atoms with E-state index in [1.54, 1.807) is 12.1 Å². The molecule has 13 heteroatoms. The van der Waals surface area contributed by atoms with Crippen molar-refractivity contribution in [3.8, 4) is 23.0 Å². The van der Waals surface area contributed by atoms with E-state index < -0.39 is 40.2 Å². The molecular weight excluding hydrogens is 593 g/mol. The van der Waals surface area contributed by atoms with Crippen LogP contribution in [0.1, 0.15) is 25.8 Å². The highest BCUT2D eigenvalue weighted by molar-refractivity contribution is 7.92. The highest BCUT2D eigenvalue weighted by atomic mass is 32.2. The SMILES string of the molecule is CCCNC(=O)[C@@H](C)N(Cc1ccccc1F)C(=O)CN(c1cc(OC)ccc1OC)S(=O)(=O)c1ccc(OC)c(OC)c1. The molecule has 0 unspecified atom stereocenters. The van der Waals surface area contributed by atoms with Gasteiger partial charge in [-0.2, -0.15) is 0 Å². The number of nitrogens with zero attached hydrogens (tertiary/aromatic N) is 2. The molecular formula is C31H38FN3O8S. The number of sulfonamides is 1. The molecule has 0 aliphatic carbocycles. The average molecular weight is 632 g/mol.